The maximum absolute atomic E-state index is 5.77. The topological polar surface area (TPSA) is 59.6 Å². The summed E-state index contributed by atoms with van der Waals surface area (Å²) in [5.74, 6) is 1.03. The Morgan fingerprint density at radius 3 is 2.63 bits per heavy atom. The molecule has 0 aliphatic carbocycles. The normalized spacial score (nSPS) is 11.2. The number of nitrogens with zero attached hydrogens (tertiary/aromatic N) is 1. The van der Waals surface area contributed by atoms with Gasteiger partial charge in [-0.3, -0.25) is 4.99 Å². The lowest BCUT2D eigenvalue weighted by Gasteiger charge is -2.06. The van der Waals surface area contributed by atoms with Gasteiger partial charge in [0.2, 0.25) is 0 Å². The number of ether oxygens (including phenoxy) is 1. The van der Waals surface area contributed by atoms with Crippen molar-refractivity contribution >= 4 is 35.6 Å². The Balaban J connectivity index is 0.00000324. The number of anilines is 1. The van der Waals surface area contributed by atoms with Crippen LogP contribution in [0.25, 0.3) is 0 Å². The Morgan fingerprint density at radius 2 is 2.00 bits per heavy atom. The van der Waals surface area contributed by atoms with Crippen LogP contribution in [0.15, 0.2) is 35.3 Å². The Hall–Kier alpha value is -0.820. The number of nitrogens with one attached hydrogen (secondary N) is 1. The number of rotatable bonds is 7. The van der Waals surface area contributed by atoms with E-state index in [2.05, 4.69) is 24.2 Å². The van der Waals surface area contributed by atoms with Gasteiger partial charge in [0.15, 0.2) is 5.96 Å². The van der Waals surface area contributed by atoms with Crippen LogP contribution < -0.4 is 11.1 Å². The minimum absolute atomic E-state index is 0. The van der Waals surface area contributed by atoms with Crippen LogP contribution in [0.5, 0.6) is 0 Å². The first-order chi connectivity index (χ1) is 8.68. The van der Waals surface area contributed by atoms with Crippen molar-refractivity contribution in [3.63, 3.8) is 0 Å². The molecule has 0 atom stereocenters. The number of hydrogen-bond acceptors (Lipinski definition) is 2. The van der Waals surface area contributed by atoms with Gasteiger partial charge in [-0.15, -0.1) is 24.0 Å². The zero-order chi connectivity index (χ0) is 13.2. The molecule has 0 heterocycles. The van der Waals surface area contributed by atoms with Crippen molar-refractivity contribution in [3.8, 4) is 0 Å². The number of benzene rings is 1. The third kappa shape index (κ3) is 9.72. The van der Waals surface area contributed by atoms with Crippen molar-refractivity contribution in [1.82, 2.24) is 0 Å². The first-order valence-electron chi connectivity index (χ1n) is 6.38. The van der Waals surface area contributed by atoms with Gasteiger partial charge in [0, 0.05) is 25.4 Å². The van der Waals surface area contributed by atoms with E-state index in [1.165, 1.54) is 0 Å². The molecule has 0 fully saturated rings. The molecule has 0 saturated heterocycles. The average Bonchev–Trinajstić information content (AvgIpc) is 2.34. The highest BCUT2D eigenvalue weighted by Gasteiger charge is 1.95. The summed E-state index contributed by atoms with van der Waals surface area (Å²) in [5.41, 5.74) is 6.72. The molecule has 0 bridgehead atoms. The molecule has 0 aliphatic rings. The molecular weight excluding hydrogens is 353 g/mol. The van der Waals surface area contributed by atoms with Crippen molar-refractivity contribution in [2.75, 3.05) is 25.1 Å². The van der Waals surface area contributed by atoms with Crippen LogP contribution >= 0.6 is 24.0 Å². The molecule has 0 spiro atoms. The minimum Gasteiger partial charge on any atom is -0.381 e. The average molecular weight is 377 g/mol. The van der Waals surface area contributed by atoms with Crippen LogP contribution in [0.2, 0.25) is 0 Å². The summed E-state index contributed by atoms with van der Waals surface area (Å²) >= 11 is 0. The Bertz CT molecular complexity index is 355. The third-order valence-corrected chi connectivity index (χ3v) is 2.23. The molecular formula is C14H24IN3O. The molecule has 5 heteroatoms. The number of halogens is 1. The quantitative estimate of drug-likeness (QED) is 0.332. The minimum atomic E-state index is 0. The van der Waals surface area contributed by atoms with Crippen molar-refractivity contribution < 1.29 is 4.74 Å². The van der Waals surface area contributed by atoms with Crippen LogP contribution in [0.3, 0.4) is 0 Å². The van der Waals surface area contributed by atoms with Gasteiger partial charge in [0.1, 0.15) is 0 Å². The Morgan fingerprint density at radius 1 is 1.32 bits per heavy atom. The smallest absolute Gasteiger partial charge is 0.193 e. The first-order valence-corrected chi connectivity index (χ1v) is 6.38. The highest BCUT2D eigenvalue weighted by Crippen LogP contribution is 2.03. The molecule has 1 rings (SSSR count). The van der Waals surface area contributed by atoms with Crippen LogP contribution in [0.4, 0.5) is 5.69 Å². The SMILES string of the molecule is CC(C)COCCCN=C(N)Nc1ccccc1.I. The molecule has 0 aliphatic heterocycles. The molecule has 4 nitrogen and oxygen atoms in total. The molecule has 1 aromatic rings. The predicted octanol–water partition coefficient (Wildman–Crippen LogP) is 3.09. The molecule has 19 heavy (non-hydrogen) atoms. The van der Waals surface area contributed by atoms with E-state index in [1.807, 2.05) is 30.3 Å². The predicted molar refractivity (Wildman–Crippen MR) is 92.2 cm³/mol. The van der Waals surface area contributed by atoms with Gasteiger partial charge in [-0.25, -0.2) is 0 Å². The Labute approximate surface area is 132 Å². The fourth-order valence-corrected chi connectivity index (χ4v) is 1.39. The number of guanidine groups is 1. The molecule has 3 N–H and O–H groups in total. The molecule has 0 amide bonds. The summed E-state index contributed by atoms with van der Waals surface area (Å²) in [5, 5.41) is 3.04. The fourth-order valence-electron chi connectivity index (χ4n) is 1.39. The van der Waals surface area contributed by atoms with Crippen LogP contribution in [0.1, 0.15) is 20.3 Å². The zero-order valence-corrected chi connectivity index (χ0v) is 14.0. The second kappa shape index (κ2) is 11.0. The number of aliphatic imine (C=N–C) groups is 1. The zero-order valence-electron chi connectivity index (χ0n) is 11.6. The summed E-state index contributed by atoms with van der Waals surface area (Å²) in [6, 6.07) is 9.78. The lowest BCUT2D eigenvalue weighted by molar-refractivity contribution is 0.109. The van der Waals surface area contributed by atoms with Gasteiger partial charge >= 0.3 is 0 Å². The molecule has 108 valence electrons. The monoisotopic (exact) mass is 377 g/mol. The summed E-state index contributed by atoms with van der Waals surface area (Å²) in [6.07, 6.45) is 0.893. The maximum atomic E-state index is 5.77. The summed E-state index contributed by atoms with van der Waals surface area (Å²) in [7, 11) is 0. The van der Waals surface area contributed by atoms with E-state index in [1.54, 1.807) is 0 Å². The van der Waals surface area contributed by atoms with Crippen molar-refractivity contribution in [1.29, 1.82) is 0 Å². The van der Waals surface area contributed by atoms with Gasteiger partial charge in [-0.1, -0.05) is 32.0 Å². The van der Waals surface area contributed by atoms with E-state index in [0.717, 1.165) is 25.3 Å². The Kier molecular flexibility index (Phi) is 10.6. The number of nitrogens with two attached hydrogens (primary N) is 1. The second-order valence-electron chi connectivity index (χ2n) is 4.58. The second-order valence-corrected chi connectivity index (χ2v) is 4.58. The van der Waals surface area contributed by atoms with Gasteiger partial charge in [0.05, 0.1) is 0 Å². The van der Waals surface area contributed by atoms with Gasteiger partial charge in [-0.2, -0.15) is 0 Å². The van der Waals surface area contributed by atoms with Gasteiger partial charge < -0.3 is 15.8 Å². The van der Waals surface area contributed by atoms with E-state index in [-0.39, 0.29) is 24.0 Å². The van der Waals surface area contributed by atoms with E-state index >= 15 is 0 Å². The first kappa shape index (κ1) is 18.2. The highest BCUT2D eigenvalue weighted by molar-refractivity contribution is 14.0. The summed E-state index contributed by atoms with van der Waals surface area (Å²) in [4.78, 5) is 4.24. The highest BCUT2D eigenvalue weighted by atomic mass is 127. The van der Waals surface area contributed by atoms with E-state index in [0.29, 0.717) is 18.4 Å². The van der Waals surface area contributed by atoms with E-state index in [9.17, 15) is 0 Å². The van der Waals surface area contributed by atoms with Crippen molar-refractivity contribution in [2.24, 2.45) is 16.6 Å². The number of para-hydroxylation sites is 1. The van der Waals surface area contributed by atoms with Crippen molar-refractivity contribution in [2.45, 2.75) is 20.3 Å². The summed E-state index contributed by atoms with van der Waals surface area (Å²) in [6.45, 7) is 6.51. The molecule has 0 aromatic heterocycles. The lowest BCUT2D eigenvalue weighted by Crippen LogP contribution is -2.22. The van der Waals surface area contributed by atoms with E-state index in [4.69, 9.17) is 10.5 Å². The molecule has 0 radical (unpaired) electrons. The van der Waals surface area contributed by atoms with Crippen LogP contribution in [-0.2, 0) is 4.74 Å². The maximum Gasteiger partial charge on any atom is 0.193 e. The van der Waals surface area contributed by atoms with Crippen molar-refractivity contribution in [3.05, 3.63) is 30.3 Å². The third-order valence-electron chi connectivity index (χ3n) is 2.23. The van der Waals surface area contributed by atoms with Gasteiger partial charge in [0.25, 0.3) is 0 Å². The fraction of sp³-hybridized carbons (Fsp3) is 0.500. The van der Waals surface area contributed by atoms with Crippen LogP contribution in [-0.4, -0.2) is 25.7 Å². The summed E-state index contributed by atoms with van der Waals surface area (Å²) < 4.78 is 5.46. The standard InChI is InChI=1S/C14H23N3O.HI/c1-12(2)11-18-10-6-9-16-14(15)17-13-7-4-3-5-8-13;/h3-5,7-8,12H,6,9-11H2,1-2H3,(H3,15,16,17);1H. The van der Waals surface area contributed by atoms with E-state index < -0.39 is 0 Å². The largest absolute Gasteiger partial charge is 0.381 e. The number of hydrogen-bond donors (Lipinski definition) is 2. The van der Waals surface area contributed by atoms with Gasteiger partial charge in [-0.05, 0) is 24.5 Å². The lowest BCUT2D eigenvalue weighted by atomic mass is 10.2. The molecule has 0 unspecified atom stereocenters. The molecule has 1 aromatic carbocycles. The molecule has 0 saturated carbocycles. The van der Waals surface area contributed by atoms with Crippen LogP contribution in [0, 0.1) is 5.92 Å².